The van der Waals surface area contributed by atoms with Gasteiger partial charge in [-0.25, -0.2) is 4.79 Å². The first-order valence-electron chi connectivity index (χ1n) is 4.72. The Morgan fingerprint density at radius 3 is 3.00 bits per heavy atom. The number of carbonyl (C=O) groups is 1. The van der Waals surface area contributed by atoms with E-state index in [1.807, 2.05) is 11.4 Å². The number of hydrogen-bond donors (Lipinski definition) is 2. The summed E-state index contributed by atoms with van der Waals surface area (Å²) in [7, 11) is 1.37. The van der Waals surface area contributed by atoms with Crippen molar-refractivity contribution in [2.75, 3.05) is 20.2 Å². The van der Waals surface area contributed by atoms with Crippen LogP contribution in [0.2, 0.25) is 0 Å². The largest absolute Gasteiger partial charge is 0.465 e. The fourth-order valence-corrected chi connectivity index (χ4v) is 2.48. The number of esters is 1. The Balaban J connectivity index is 2.14. The van der Waals surface area contributed by atoms with Crippen LogP contribution in [0.1, 0.15) is 15.2 Å². The van der Waals surface area contributed by atoms with Crippen LogP contribution in [0.25, 0.3) is 0 Å². The third kappa shape index (κ3) is 2.04. The van der Waals surface area contributed by atoms with Gasteiger partial charge in [-0.1, -0.05) is 0 Å². The number of rotatable bonds is 3. The molecule has 0 amide bonds. The molecular formula is C10H13NO3S. The SMILES string of the molecule is COC(=O)c1sccc1CC1(O)CNC1. The molecule has 0 atom stereocenters. The van der Waals surface area contributed by atoms with E-state index in [0.29, 0.717) is 24.4 Å². The lowest BCUT2D eigenvalue weighted by atomic mass is 9.89. The average Bonchev–Trinajstić information content (AvgIpc) is 2.62. The van der Waals surface area contributed by atoms with Crippen molar-refractivity contribution >= 4 is 17.3 Å². The maximum absolute atomic E-state index is 11.4. The zero-order valence-electron chi connectivity index (χ0n) is 8.45. The smallest absolute Gasteiger partial charge is 0.348 e. The van der Waals surface area contributed by atoms with Gasteiger partial charge in [-0.15, -0.1) is 11.3 Å². The number of nitrogens with one attached hydrogen (secondary N) is 1. The van der Waals surface area contributed by atoms with Crippen molar-refractivity contribution in [2.45, 2.75) is 12.0 Å². The van der Waals surface area contributed by atoms with Crippen LogP contribution in [0, 0.1) is 0 Å². The summed E-state index contributed by atoms with van der Waals surface area (Å²) in [5, 5.41) is 14.8. The third-order valence-electron chi connectivity index (χ3n) is 2.55. The van der Waals surface area contributed by atoms with E-state index in [-0.39, 0.29) is 5.97 Å². The maximum atomic E-state index is 11.4. The second-order valence-electron chi connectivity index (χ2n) is 3.77. The van der Waals surface area contributed by atoms with E-state index in [9.17, 15) is 9.90 Å². The lowest BCUT2D eigenvalue weighted by Gasteiger charge is -2.37. The standard InChI is InChI=1S/C10H13NO3S/c1-14-9(12)8-7(2-3-15-8)4-10(13)5-11-6-10/h2-3,11,13H,4-6H2,1H3. The van der Waals surface area contributed by atoms with Crippen LogP contribution in [-0.2, 0) is 11.2 Å². The molecule has 1 aromatic rings. The molecule has 5 heteroatoms. The highest BCUT2D eigenvalue weighted by Crippen LogP contribution is 2.24. The van der Waals surface area contributed by atoms with Crippen LogP contribution in [-0.4, -0.2) is 36.9 Å². The Bertz CT molecular complexity index is 370. The molecule has 0 radical (unpaired) electrons. The van der Waals surface area contributed by atoms with Gasteiger partial charge in [0.1, 0.15) is 4.88 Å². The first-order valence-corrected chi connectivity index (χ1v) is 5.60. The molecule has 2 heterocycles. The van der Waals surface area contributed by atoms with E-state index in [1.54, 1.807) is 0 Å². The van der Waals surface area contributed by atoms with Crippen molar-refractivity contribution in [1.29, 1.82) is 0 Å². The van der Waals surface area contributed by atoms with Gasteiger partial charge in [-0.05, 0) is 17.0 Å². The fraction of sp³-hybridized carbons (Fsp3) is 0.500. The minimum Gasteiger partial charge on any atom is -0.465 e. The summed E-state index contributed by atoms with van der Waals surface area (Å²) in [6.45, 7) is 1.17. The van der Waals surface area contributed by atoms with E-state index < -0.39 is 5.60 Å². The Morgan fingerprint density at radius 1 is 1.73 bits per heavy atom. The molecule has 82 valence electrons. The fourth-order valence-electron chi connectivity index (χ4n) is 1.64. The molecule has 0 saturated carbocycles. The molecule has 0 spiro atoms. The van der Waals surface area contributed by atoms with E-state index in [2.05, 4.69) is 10.1 Å². The minimum atomic E-state index is -0.691. The van der Waals surface area contributed by atoms with Crippen LogP contribution in [0.4, 0.5) is 0 Å². The van der Waals surface area contributed by atoms with Crippen LogP contribution in [0.15, 0.2) is 11.4 Å². The summed E-state index contributed by atoms with van der Waals surface area (Å²) in [6.07, 6.45) is 0.508. The Morgan fingerprint density at radius 2 is 2.47 bits per heavy atom. The zero-order valence-corrected chi connectivity index (χ0v) is 9.26. The van der Waals surface area contributed by atoms with Gasteiger partial charge in [0.05, 0.1) is 12.7 Å². The molecule has 1 saturated heterocycles. The molecule has 0 unspecified atom stereocenters. The lowest BCUT2D eigenvalue weighted by molar-refractivity contribution is -0.00911. The van der Waals surface area contributed by atoms with Gasteiger partial charge in [-0.2, -0.15) is 0 Å². The molecule has 0 bridgehead atoms. The summed E-state index contributed by atoms with van der Waals surface area (Å²) < 4.78 is 4.68. The highest BCUT2D eigenvalue weighted by Gasteiger charge is 2.35. The van der Waals surface area contributed by atoms with Gasteiger partial charge in [0, 0.05) is 19.5 Å². The zero-order chi connectivity index (χ0) is 10.9. The molecule has 2 rings (SSSR count). The van der Waals surface area contributed by atoms with Crippen LogP contribution in [0.5, 0.6) is 0 Å². The number of hydrogen-bond acceptors (Lipinski definition) is 5. The summed E-state index contributed by atoms with van der Waals surface area (Å²) in [5.41, 5.74) is 0.181. The van der Waals surface area contributed by atoms with Gasteiger partial charge in [0.15, 0.2) is 0 Å². The highest BCUT2D eigenvalue weighted by molar-refractivity contribution is 7.12. The molecule has 1 aliphatic rings. The normalized spacial score (nSPS) is 18.3. The summed E-state index contributed by atoms with van der Waals surface area (Å²) in [6, 6.07) is 1.87. The van der Waals surface area contributed by atoms with Crippen molar-refractivity contribution in [3.63, 3.8) is 0 Å². The van der Waals surface area contributed by atoms with Crippen LogP contribution in [0.3, 0.4) is 0 Å². The first kappa shape index (κ1) is 10.6. The number of β-amino-alcohol motifs (C(OH)–C–C–N with tert-alkyl or cyclic N) is 1. The van der Waals surface area contributed by atoms with Crippen molar-refractivity contribution in [3.05, 3.63) is 21.9 Å². The van der Waals surface area contributed by atoms with Gasteiger partial charge in [0.25, 0.3) is 0 Å². The molecule has 4 nitrogen and oxygen atoms in total. The molecular weight excluding hydrogens is 214 g/mol. The van der Waals surface area contributed by atoms with Crippen molar-refractivity contribution in [2.24, 2.45) is 0 Å². The minimum absolute atomic E-state index is 0.323. The number of aliphatic hydroxyl groups is 1. The Hall–Kier alpha value is -0.910. The third-order valence-corrected chi connectivity index (χ3v) is 3.48. The predicted octanol–water partition coefficient (Wildman–Crippen LogP) is 0.411. The van der Waals surface area contributed by atoms with Crippen molar-refractivity contribution in [1.82, 2.24) is 5.32 Å². The Kier molecular flexibility index (Phi) is 2.77. The van der Waals surface area contributed by atoms with Crippen molar-refractivity contribution in [3.8, 4) is 0 Å². The van der Waals surface area contributed by atoms with E-state index >= 15 is 0 Å². The molecule has 0 aliphatic carbocycles. The van der Waals surface area contributed by atoms with E-state index in [1.165, 1.54) is 18.4 Å². The van der Waals surface area contributed by atoms with E-state index in [4.69, 9.17) is 0 Å². The van der Waals surface area contributed by atoms with Gasteiger partial charge >= 0.3 is 5.97 Å². The second kappa shape index (κ2) is 3.92. The van der Waals surface area contributed by atoms with Gasteiger partial charge < -0.3 is 15.2 Å². The molecule has 1 fully saturated rings. The quantitative estimate of drug-likeness (QED) is 0.734. The molecule has 0 aromatic carbocycles. The predicted molar refractivity (Wildman–Crippen MR) is 57.2 cm³/mol. The summed E-state index contributed by atoms with van der Waals surface area (Å²) in [5.74, 6) is -0.323. The van der Waals surface area contributed by atoms with Gasteiger partial charge in [0.2, 0.25) is 0 Å². The second-order valence-corrected chi connectivity index (χ2v) is 4.69. The Labute approximate surface area is 91.9 Å². The number of thiophene rings is 1. The monoisotopic (exact) mass is 227 g/mol. The van der Waals surface area contributed by atoms with E-state index in [0.717, 1.165) is 5.56 Å². The first-order chi connectivity index (χ1) is 7.14. The highest BCUT2D eigenvalue weighted by atomic mass is 32.1. The number of carbonyl (C=O) groups excluding carboxylic acids is 1. The molecule has 2 N–H and O–H groups in total. The van der Waals surface area contributed by atoms with Crippen molar-refractivity contribution < 1.29 is 14.6 Å². The average molecular weight is 227 g/mol. The van der Waals surface area contributed by atoms with Crippen LogP contribution >= 0.6 is 11.3 Å². The number of methoxy groups -OCH3 is 1. The maximum Gasteiger partial charge on any atom is 0.348 e. The lowest BCUT2D eigenvalue weighted by Crippen LogP contribution is -2.60. The van der Waals surface area contributed by atoms with Crippen LogP contribution < -0.4 is 5.32 Å². The molecule has 1 aliphatic heterocycles. The topological polar surface area (TPSA) is 58.6 Å². The number of ether oxygens (including phenoxy) is 1. The molecule has 1 aromatic heterocycles. The summed E-state index contributed by atoms with van der Waals surface area (Å²) >= 11 is 1.35. The molecule has 15 heavy (non-hydrogen) atoms. The van der Waals surface area contributed by atoms with Gasteiger partial charge in [-0.3, -0.25) is 0 Å². The summed E-state index contributed by atoms with van der Waals surface area (Å²) in [4.78, 5) is 12.0.